The Morgan fingerprint density at radius 3 is 2.60 bits per heavy atom. The lowest BCUT2D eigenvalue weighted by molar-refractivity contribution is 0.210. The third kappa shape index (κ3) is 4.57. The molecular weight excluding hydrogens is 412 g/mol. The number of ether oxygens (including phenoxy) is 1. The Hall–Kier alpha value is -2.64. The molecule has 0 N–H and O–H groups in total. The van der Waals surface area contributed by atoms with E-state index in [4.69, 9.17) is 9.72 Å². The summed E-state index contributed by atoms with van der Waals surface area (Å²) in [6, 6.07) is 16.5. The monoisotopic (exact) mass is 436 g/mol. The molecule has 0 amide bonds. The number of para-hydroxylation sites is 1. The second-order valence-electron chi connectivity index (χ2n) is 7.22. The van der Waals surface area contributed by atoms with Crippen molar-refractivity contribution in [2.24, 2.45) is 7.05 Å². The second-order valence-corrected chi connectivity index (χ2v) is 9.02. The number of thiazole rings is 1. The minimum absolute atomic E-state index is 0.189. The topological polar surface area (TPSA) is 52.8 Å². The SMILES string of the molecule is Cc1ccc(-c2nc(CSc3nnc(C(C)Oc4ccccc4C)n3C)cs2)cc1. The molecule has 0 aliphatic carbocycles. The molecule has 4 rings (SSSR count). The average molecular weight is 437 g/mol. The van der Waals surface area contributed by atoms with Crippen LogP contribution in [0.25, 0.3) is 10.6 Å². The predicted octanol–water partition coefficient (Wildman–Crippen LogP) is 5.99. The highest BCUT2D eigenvalue weighted by atomic mass is 32.2. The molecule has 0 spiro atoms. The number of thioether (sulfide) groups is 1. The molecule has 1 atom stereocenters. The van der Waals surface area contributed by atoms with E-state index in [1.54, 1.807) is 23.1 Å². The van der Waals surface area contributed by atoms with Crippen LogP contribution in [0.5, 0.6) is 5.75 Å². The van der Waals surface area contributed by atoms with Gasteiger partial charge in [0.15, 0.2) is 17.1 Å². The maximum absolute atomic E-state index is 6.11. The molecule has 0 fully saturated rings. The van der Waals surface area contributed by atoms with Gasteiger partial charge in [0.2, 0.25) is 0 Å². The van der Waals surface area contributed by atoms with Crippen LogP contribution in [0.3, 0.4) is 0 Å². The van der Waals surface area contributed by atoms with Crippen LogP contribution in [-0.4, -0.2) is 19.7 Å². The Labute approximate surface area is 185 Å². The molecule has 5 nitrogen and oxygen atoms in total. The maximum Gasteiger partial charge on any atom is 0.191 e. The van der Waals surface area contributed by atoms with Gasteiger partial charge in [0.25, 0.3) is 0 Å². The molecule has 2 aromatic heterocycles. The Balaban J connectivity index is 1.41. The van der Waals surface area contributed by atoms with E-state index in [1.807, 2.05) is 49.7 Å². The van der Waals surface area contributed by atoms with Crippen molar-refractivity contribution in [3.63, 3.8) is 0 Å². The van der Waals surface area contributed by atoms with E-state index in [-0.39, 0.29) is 6.10 Å². The smallest absolute Gasteiger partial charge is 0.191 e. The third-order valence-corrected chi connectivity index (χ3v) is 6.82. The van der Waals surface area contributed by atoms with Gasteiger partial charge in [0.05, 0.1) is 5.69 Å². The van der Waals surface area contributed by atoms with Gasteiger partial charge in [0.1, 0.15) is 10.8 Å². The zero-order valence-electron chi connectivity index (χ0n) is 17.5. The molecule has 0 aliphatic heterocycles. The Kier molecular flexibility index (Phi) is 6.20. The highest BCUT2D eigenvalue weighted by molar-refractivity contribution is 7.98. The molecular formula is C23H24N4OS2. The minimum Gasteiger partial charge on any atom is -0.482 e. The van der Waals surface area contributed by atoms with Gasteiger partial charge in [-0.15, -0.1) is 21.5 Å². The van der Waals surface area contributed by atoms with Crippen LogP contribution in [0.4, 0.5) is 0 Å². The fraction of sp³-hybridized carbons (Fsp3) is 0.261. The number of benzene rings is 2. The van der Waals surface area contributed by atoms with E-state index in [2.05, 4.69) is 46.8 Å². The molecule has 30 heavy (non-hydrogen) atoms. The molecule has 2 heterocycles. The minimum atomic E-state index is -0.189. The zero-order valence-corrected chi connectivity index (χ0v) is 19.1. The summed E-state index contributed by atoms with van der Waals surface area (Å²) in [4.78, 5) is 4.78. The van der Waals surface area contributed by atoms with Crippen molar-refractivity contribution in [1.29, 1.82) is 0 Å². The summed E-state index contributed by atoms with van der Waals surface area (Å²) in [6.07, 6.45) is -0.189. The molecule has 2 aromatic carbocycles. The van der Waals surface area contributed by atoms with Crippen molar-refractivity contribution in [2.75, 3.05) is 0 Å². The zero-order chi connectivity index (χ0) is 21.1. The van der Waals surface area contributed by atoms with Crippen LogP contribution in [0.1, 0.15) is 35.7 Å². The summed E-state index contributed by atoms with van der Waals surface area (Å²) in [6.45, 7) is 6.13. The highest BCUT2D eigenvalue weighted by Gasteiger charge is 2.18. The Bertz CT molecular complexity index is 1130. The summed E-state index contributed by atoms with van der Waals surface area (Å²) in [7, 11) is 1.98. The van der Waals surface area contributed by atoms with Gasteiger partial charge in [-0.3, -0.25) is 0 Å². The third-order valence-electron chi connectivity index (χ3n) is 4.83. The molecule has 1 unspecified atom stereocenters. The molecule has 7 heteroatoms. The largest absolute Gasteiger partial charge is 0.482 e. The van der Waals surface area contributed by atoms with E-state index in [1.165, 1.54) is 5.56 Å². The first-order valence-corrected chi connectivity index (χ1v) is 11.6. The van der Waals surface area contributed by atoms with Crippen LogP contribution in [0, 0.1) is 13.8 Å². The Morgan fingerprint density at radius 1 is 1.07 bits per heavy atom. The van der Waals surface area contributed by atoms with Gasteiger partial charge in [0, 0.05) is 23.7 Å². The summed E-state index contributed by atoms with van der Waals surface area (Å²) in [5, 5.41) is 12.7. The standard InChI is InChI=1S/C23H24N4OS2/c1-15-9-11-18(12-10-15)22-24-19(13-29-22)14-30-23-26-25-21(27(23)4)17(3)28-20-8-6-5-7-16(20)2/h5-13,17H,14H2,1-4H3. The van der Waals surface area contributed by atoms with E-state index in [0.717, 1.165) is 44.3 Å². The molecule has 0 saturated heterocycles. The van der Waals surface area contributed by atoms with Crippen LogP contribution < -0.4 is 4.74 Å². The van der Waals surface area contributed by atoms with Crippen molar-refractivity contribution in [2.45, 2.75) is 37.8 Å². The predicted molar refractivity (Wildman–Crippen MR) is 123 cm³/mol. The fourth-order valence-corrected chi connectivity index (χ4v) is 4.82. The van der Waals surface area contributed by atoms with Crippen LogP contribution in [0.15, 0.2) is 59.1 Å². The first-order valence-electron chi connectivity index (χ1n) is 9.77. The lowest BCUT2D eigenvalue weighted by Crippen LogP contribution is -2.10. The maximum atomic E-state index is 6.11. The first-order chi connectivity index (χ1) is 14.5. The molecule has 0 aliphatic rings. The van der Waals surface area contributed by atoms with E-state index >= 15 is 0 Å². The second kappa shape index (κ2) is 9.02. The number of hydrogen-bond acceptors (Lipinski definition) is 6. The highest BCUT2D eigenvalue weighted by Crippen LogP contribution is 2.29. The number of hydrogen-bond donors (Lipinski definition) is 0. The van der Waals surface area contributed by atoms with Crippen molar-refractivity contribution in [1.82, 2.24) is 19.7 Å². The van der Waals surface area contributed by atoms with Gasteiger partial charge in [-0.05, 0) is 32.4 Å². The summed E-state index contributed by atoms with van der Waals surface area (Å²) in [5.74, 6) is 2.43. The summed E-state index contributed by atoms with van der Waals surface area (Å²) >= 11 is 3.31. The van der Waals surface area contributed by atoms with Crippen LogP contribution in [-0.2, 0) is 12.8 Å². The average Bonchev–Trinajstić information content (AvgIpc) is 3.35. The molecule has 0 radical (unpaired) electrons. The van der Waals surface area contributed by atoms with E-state index in [0.29, 0.717) is 0 Å². The van der Waals surface area contributed by atoms with Gasteiger partial charge >= 0.3 is 0 Å². The van der Waals surface area contributed by atoms with Gasteiger partial charge < -0.3 is 9.30 Å². The summed E-state index contributed by atoms with van der Waals surface area (Å²) in [5.41, 5.74) is 4.57. The van der Waals surface area contributed by atoms with Gasteiger partial charge in [-0.1, -0.05) is 59.8 Å². The number of aromatic nitrogens is 4. The lowest BCUT2D eigenvalue weighted by Gasteiger charge is -2.15. The lowest BCUT2D eigenvalue weighted by atomic mass is 10.2. The van der Waals surface area contributed by atoms with E-state index < -0.39 is 0 Å². The molecule has 0 bridgehead atoms. The Morgan fingerprint density at radius 2 is 1.83 bits per heavy atom. The number of aryl methyl sites for hydroxylation is 2. The van der Waals surface area contributed by atoms with Crippen molar-refractivity contribution >= 4 is 23.1 Å². The van der Waals surface area contributed by atoms with Crippen LogP contribution in [0.2, 0.25) is 0 Å². The van der Waals surface area contributed by atoms with Crippen molar-refractivity contribution in [3.8, 4) is 16.3 Å². The molecule has 4 aromatic rings. The van der Waals surface area contributed by atoms with Gasteiger partial charge in [-0.2, -0.15) is 0 Å². The summed E-state index contributed by atoms with van der Waals surface area (Å²) < 4.78 is 8.11. The molecule has 0 saturated carbocycles. The quantitative estimate of drug-likeness (QED) is 0.333. The number of rotatable bonds is 7. The van der Waals surface area contributed by atoms with Crippen molar-refractivity contribution < 1.29 is 4.74 Å². The van der Waals surface area contributed by atoms with Crippen molar-refractivity contribution in [3.05, 3.63) is 76.6 Å². The number of nitrogens with zero attached hydrogens (tertiary/aromatic N) is 4. The normalized spacial score (nSPS) is 12.1. The first kappa shape index (κ1) is 20.6. The fourth-order valence-electron chi connectivity index (χ4n) is 3.08. The van der Waals surface area contributed by atoms with Gasteiger partial charge in [-0.25, -0.2) is 4.98 Å². The van der Waals surface area contributed by atoms with Crippen LogP contribution >= 0.6 is 23.1 Å². The molecule has 154 valence electrons. The van der Waals surface area contributed by atoms with E-state index in [9.17, 15) is 0 Å².